The third kappa shape index (κ3) is 5.18. The molecule has 0 atom stereocenters. The highest BCUT2D eigenvalue weighted by Crippen LogP contribution is 2.23. The summed E-state index contributed by atoms with van der Waals surface area (Å²) in [5.74, 6) is 0.291. The van der Waals surface area contributed by atoms with Crippen molar-refractivity contribution in [2.24, 2.45) is 0 Å². The van der Waals surface area contributed by atoms with Crippen LogP contribution in [-0.4, -0.2) is 28.0 Å². The van der Waals surface area contributed by atoms with Crippen molar-refractivity contribution in [1.29, 1.82) is 0 Å². The summed E-state index contributed by atoms with van der Waals surface area (Å²) in [5, 5.41) is 2.70. The number of benzene rings is 3. The van der Waals surface area contributed by atoms with Gasteiger partial charge in [-0.1, -0.05) is 37.3 Å². The van der Waals surface area contributed by atoms with Crippen molar-refractivity contribution in [1.82, 2.24) is 0 Å². The Morgan fingerprint density at radius 3 is 2.17 bits per heavy atom. The fraction of sp³-hybridized carbons (Fsp3) is 0.174. The van der Waals surface area contributed by atoms with Crippen LogP contribution >= 0.6 is 0 Å². The molecule has 1 amide bonds. The average molecular weight is 425 g/mol. The number of carbonyl (C=O) groups is 1. The Hall–Kier alpha value is -3.32. The third-order valence-corrected chi connectivity index (χ3v) is 6.42. The molecule has 0 aliphatic rings. The normalized spacial score (nSPS) is 11.0. The monoisotopic (exact) mass is 424 g/mol. The van der Waals surface area contributed by atoms with Gasteiger partial charge in [-0.15, -0.1) is 0 Å². The first-order chi connectivity index (χ1) is 14.4. The zero-order valence-electron chi connectivity index (χ0n) is 16.9. The van der Waals surface area contributed by atoms with Gasteiger partial charge >= 0.3 is 0 Å². The second-order valence-corrected chi connectivity index (χ2v) is 8.64. The Morgan fingerprint density at radius 1 is 0.933 bits per heavy atom. The van der Waals surface area contributed by atoms with Gasteiger partial charge in [0, 0.05) is 12.7 Å². The molecule has 156 valence electrons. The molecule has 0 fully saturated rings. The van der Waals surface area contributed by atoms with Crippen LogP contribution in [0.3, 0.4) is 0 Å². The van der Waals surface area contributed by atoms with Crippen molar-refractivity contribution in [3.05, 3.63) is 84.4 Å². The van der Waals surface area contributed by atoms with Crippen LogP contribution < -0.4 is 14.4 Å². The van der Waals surface area contributed by atoms with Gasteiger partial charge in [0.15, 0.2) is 6.61 Å². The smallest absolute Gasteiger partial charge is 0.264 e. The van der Waals surface area contributed by atoms with E-state index in [1.165, 1.54) is 29.0 Å². The fourth-order valence-electron chi connectivity index (χ4n) is 2.81. The molecular formula is C23H24N2O4S. The van der Waals surface area contributed by atoms with Crippen LogP contribution in [0.15, 0.2) is 83.8 Å². The van der Waals surface area contributed by atoms with Crippen LogP contribution in [0.2, 0.25) is 0 Å². The molecular weight excluding hydrogens is 400 g/mol. The minimum Gasteiger partial charge on any atom is -0.484 e. The van der Waals surface area contributed by atoms with Gasteiger partial charge in [0.2, 0.25) is 0 Å². The molecule has 0 aliphatic carbocycles. The molecule has 0 saturated carbocycles. The summed E-state index contributed by atoms with van der Waals surface area (Å²) in [6.45, 7) is 1.93. The van der Waals surface area contributed by atoms with Crippen molar-refractivity contribution in [3.8, 4) is 5.75 Å². The van der Waals surface area contributed by atoms with E-state index < -0.39 is 10.0 Å². The number of rotatable bonds is 8. The predicted molar refractivity (Wildman–Crippen MR) is 118 cm³/mol. The Morgan fingerprint density at radius 2 is 1.57 bits per heavy atom. The fourth-order valence-corrected chi connectivity index (χ4v) is 4.01. The van der Waals surface area contributed by atoms with Crippen LogP contribution in [0.25, 0.3) is 0 Å². The molecule has 1 N–H and O–H groups in total. The number of hydrogen-bond acceptors (Lipinski definition) is 4. The Labute approximate surface area is 177 Å². The maximum Gasteiger partial charge on any atom is 0.264 e. The summed E-state index contributed by atoms with van der Waals surface area (Å²) in [6, 6.07) is 22.4. The van der Waals surface area contributed by atoms with Crippen LogP contribution in [0.1, 0.15) is 12.5 Å². The Bertz CT molecular complexity index is 1080. The van der Waals surface area contributed by atoms with Gasteiger partial charge in [-0.25, -0.2) is 8.42 Å². The first-order valence-electron chi connectivity index (χ1n) is 9.56. The first kappa shape index (κ1) is 21.4. The third-order valence-electron chi connectivity index (χ3n) is 4.62. The van der Waals surface area contributed by atoms with E-state index in [-0.39, 0.29) is 17.4 Å². The predicted octanol–water partition coefficient (Wildman–Crippen LogP) is 4.09. The quantitative estimate of drug-likeness (QED) is 0.591. The van der Waals surface area contributed by atoms with Gasteiger partial charge in [0.1, 0.15) is 5.75 Å². The van der Waals surface area contributed by atoms with Crippen molar-refractivity contribution >= 4 is 27.3 Å². The lowest BCUT2D eigenvalue weighted by Gasteiger charge is -2.19. The standard InChI is InChI=1S/C23H24N2O4S/c1-3-18-9-13-21(14-10-18)29-17-23(26)24-19-11-15-22(16-12-19)30(27,28)25(2)20-7-5-4-6-8-20/h4-16H,3,17H2,1-2H3,(H,24,26). The number of ether oxygens (including phenoxy) is 1. The number of amides is 1. The summed E-state index contributed by atoms with van der Waals surface area (Å²) in [4.78, 5) is 12.3. The lowest BCUT2D eigenvalue weighted by atomic mass is 10.2. The van der Waals surface area contributed by atoms with Crippen molar-refractivity contribution in [2.75, 3.05) is 23.3 Å². The van der Waals surface area contributed by atoms with Crippen molar-refractivity contribution < 1.29 is 17.9 Å². The van der Waals surface area contributed by atoms with Crippen LogP contribution in [0.4, 0.5) is 11.4 Å². The highest BCUT2D eigenvalue weighted by atomic mass is 32.2. The first-order valence-corrected chi connectivity index (χ1v) is 11.0. The molecule has 0 heterocycles. The molecule has 30 heavy (non-hydrogen) atoms. The molecule has 3 aromatic rings. The van der Waals surface area contributed by atoms with E-state index in [9.17, 15) is 13.2 Å². The molecule has 3 aromatic carbocycles. The Balaban J connectivity index is 1.60. The molecule has 0 saturated heterocycles. The topological polar surface area (TPSA) is 75.7 Å². The molecule has 0 aromatic heterocycles. The number of hydrogen-bond donors (Lipinski definition) is 1. The number of anilines is 2. The van der Waals surface area contributed by atoms with Gasteiger partial charge in [-0.3, -0.25) is 9.10 Å². The van der Waals surface area contributed by atoms with Crippen LogP contribution in [0.5, 0.6) is 5.75 Å². The maximum absolute atomic E-state index is 12.8. The Kier molecular flexibility index (Phi) is 6.74. The summed E-state index contributed by atoms with van der Waals surface area (Å²) in [5.41, 5.74) is 2.25. The van der Waals surface area contributed by atoms with E-state index in [1.54, 1.807) is 36.4 Å². The average Bonchev–Trinajstić information content (AvgIpc) is 2.78. The molecule has 0 bridgehead atoms. The lowest BCUT2D eigenvalue weighted by molar-refractivity contribution is -0.118. The maximum atomic E-state index is 12.8. The van der Waals surface area contributed by atoms with Gasteiger partial charge in [0.25, 0.3) is 15.9 Å². The SMILES string of the molecule is CCc1ccc(OCC(=O)Nc2ccc(S(=O)(=O)N(C)c3ccccc3)cc2)cc1. The van der Waals surface area contributed by atoms with Crippen molar-refractivity contribution in [3.63, 3.8) is 0 Å². The van der Waals surface area contributed by atoms with E-state index >= 15 is 0 Å². The number of nitrogens with one attached hydrogen (secondary N) is 1. The molecule has 3 rings (SSSR count). The lowest BCUT2D eigenvalue weighted by Crippen LogP contribution is -2.26. The molecule has 0 radical (unpaired) electrons. The van der Waals surface area contributed by atoms with Crippen LogP contribution in [-0.2, 0) is 21.2 Å². The highest BCUT2D eigenvalue weighted by molar-refractivity contribution is 7.92. The molecule has 0 aliphatic heterocycles. The van der Waals surface area contributed by atoms with E-state index in [0.717, 1.165) is 6.42 Å². The van der Waals surface area contributed by atoms with Gasteiger partial charge in [-0.2, -0.15) is 0 Å². The van der Waals surface area contributed by atoms with Gasteiger partial charge < -0.3 is 10.1 Å². The molecule has 0 spiro atoms. The molecule has 7 heteroatoms. The number of sulfonamides is 1. The largest absolute Gasteiger partial charge is 0.484 e. The highest BCUT2D eigenvalue weighted by Gasteiger charge is 2.21. The van der Waals surface area contributed by atoms with E-state index in [0.29, 0.717) is 17.1 Å². The number of nitrogens with zero attached hydrogens (tertiary/aromatic N) is 1. The van der Waals surface area contributed by atoms with Gasteiger partial charge in [-0.05, 0) is 60.5 Å². The number of aryl methyl sites for hydroxylation is 1. The number of para-hydroxylation sites is 1. The van der Waals surface area contributed by atoms with E-state index in [4.69, 9.17) is 4.74 Å². The molecule has 6 nitrogen and oxygen atoms in total. The van der Waals surface area contributed by atoms with Crippen molar-refractivity contribution in [2.45, 2.75) is 18.2 Å². The van der Waals surface area contributed by atoms with E-state index in [2.05, 4.69) is 12.2 Å². The van der Waals surface area contributed by atoms with E-state index in [1.807, 2.05) is 30.3 Å². The zero-order valence-corrected chi connectivity index (χ0v) is 17.7. The van der Waals surface area contributed by atoms with Crippen LogP contribution in [0, 0.1) is 0 Å². The summed E-state index contributed by atoms with van der Waals surface area (Å²) in [7, 11) is -2.19. The zero-order chi connectivity index (χ0) is 21.6. The minimum atomic E-state index is -3.69. The number of carbonyl (C=O) groups excluding carboxylic acids is 1. The van der Waals surface area contributed by atoms with Gasteiger partial charge in [0.05, 0.1) is 10.6 Å². The minimum absolute atomic E-state index is 0.137. The summed E-state index contributed by atoms with van der Waals surface area (Å²) >= 11 is 0. The summed E-state index contributed by atoms with van der Waals surface area (Å²) < 4.78 is 32.3. The molecule has 0 unspecified atom stereocenters. The second kappa shape index (κ2) is 9.45. The second-order valence-electron chi connectivity index (χ2n) is 6.67. The summed E-state index contributed by atoms with van der Waals surface area (Å²) in [6.07, 6.45) is 0.938.